The van der Waals surface area contributed by atoms with Gasteiger partial charge in [0.15, 0.2) is 0 Å². The number of pyridine rings is 1. The molecule has 35 heavy (non-hydrogen) atoms. The molecule has 0 saturated carbocycles. The molecule has 5 rings (SSSR count). The normalized spacial score (nSPS) is 12.1. The second kappa shape index (κ2) is 9.19. The van der Waals surface area contributed by atoms with Crippen molar-refractivity contribution < 1.29 is 4.92 Å². The standard InChI is InChI=1S/C27H21ClN4O3/c1-17-26(27(33)31(30-17)22-11-13-23(14-12-22)32(34)35)24(18-5-3-2-4-6-18)16-21-10-8-19-7-9-20(28)15-25(19)29-21/h2-15,24,30H,16H2,1H3. The third-order valence-corrected chi connectivity index (χ3v) is 6.35. The molecule has 3 aromatic carbocycles. The number of nitro groups is 1. The summed E-state index contributed by atoms with van der Waals surface area (Å²) in [4.78, 5) is 29.0. The maximum atomic E-state index is 13.6. The maximum Gasteiger partial charge on any atom is 0.275 e. The van der Waals surface area contributed by atoms with Crippen LogP contribution in [0.2, 0.25) is 5.02 Å². The van der Waals surface area contributed by atoms with E-state index in [4.69, 9.17) is 16.6 Å². The van der Waals surface area contributed by atoms with Crippen molar-refractivity contribution in [3.8, 4) is 5.69 Å². The van der Waals surface area contributed by atoms with Gasteiger partial charge in [0.25, 0.3) is 11.2 Å². The van der Waals surface area contributed by atoms with Crippen LogP contribution in [0.1, 0.15) is 28.4 Å². The number of hydrogen-bond acceptors (Lipinski definition) is 4. The van der Waals surface area contributed by atoms with Crippen molar-refractivity contribution >= 4 is 28.2 Å². The Morgan fingerprint density at radius 1 is 1.03 bits per heavy atom. The molecule has 0 spiro atoms. The molecule has 1 N–H and O–H groups in total. The number of fused-ring (bicyclic) bond motifs is 1. The van der Waals surface area contributed by atoms with E-state index < -0.39 is 4.92 Å². The molecule has 174 valence electrons. The average molecular weight is 485 g/mol. The molecule has 8 heteroatoms. The van der Waals surface area contributed by atoms with Gasteiger partial charge in [-0.05, 0) is 42.8 Å². The fourth-order valence-electron chi connectivity index (χ4n) is 4.40. The van der Waals surface area contributed by atoms with Gasteiger partial charge in [-0.3, -0.25) is 25.0 Å². The Morgan fingerprint density at radius 3 is 2.46 bits per heavy atom. The van der Waals surface area contributed by atoms with Gasteiger partial charge in [-0.1, -0.05) is 54.1 Å². The number of aromatic amines is 1. The quantitative estimate of drug-likeness (QED) is 0.238. The van der Waals surface area contributed by atoms with Crippen molar-refractivity contribution in [1.82, 2.24) is 14.8 Å². The topological polar surface area (TPSA) is 93.8 Å². The van der Waals surface area contributed by atoms with Crippen molar-refractivity contribution in [3.05, 3.63) is 133 Å². The van der Waals surface area contributed by atoms with Crippen molar-refractivity contribution in [2.45, 2.75) is 19.3 Å². The Kier molecular flexibility index (Phi) is 5.93. The van der Waals surface area contributed by atoms with Crippen molar-refractivity contribution in [2.24, 2.45) is 0 Å². The van der Waals surface area contributed by atoms with E-state index in [1.165, 1.54) is 16.8 Å². The number of non-ortho nitro benzene ring substituents is 1. The Labute approximate surface area is 205 Å². The molecule has 2 aromatic heterocycles. The van der Waals surface area contributed by atoms with Gasteiger partial charge in [0.05, 0.1) is 16.1 Å². The molecule has 0 amide bonds. The fourth-order valence-corrected chi connectivity index (χ4v) is 4.57. The largest absolute Gasteiger partial charge is 0.295 e. The molecular formula is C27H21ClN4O3. The first-order chi connectivity index (χ1) is 16.9. The first-order valence-corrected chi connectivity index (χ1v) is 11.4. The highest BCUT2D eigenvalue weighted by atomic mass is 35.5. The summed E-state index contributed by atoms with van der Waals surface area (Å²) in [5.74, 6) is -0.247. The maximum absolute atomic E-state index is 13.6. The van der Waals surface area contributed by atoms with Crippen LogP contribution < -0.4 is 5.56 Å². The first-order valence-electron chi connectivity index (χ1n) is 11.1. The number of nitrogens with zero attached hydrogens (tertiary/aromatic N) is 3. The van der Waals surface area contributed by atoms with Crippen LogP contribution in [0.3, 0.4) is 0 Å². The zero-order valence-corrected chi connectivity index (χ0v) is 19.6. The monoisotopic (exact) mass is 484 g/mol. The fraction of sp³-hybridized carbons (Fsp3) is 0.111. The van der Waals surface area contributed by atoms with Crippen molar-refractivity contribution in [3.63, 3.8) is 0 Å². The van der Waals surface area contributed by atoms with E-state index in [2.05, 4.69) is 5.10 Å². The predicted molar refractivity (Wildman–Crippen MR) is 137 cm³/mol. The molecule has 0 fully saturated rings. The summed E-state index contributed by atoms with van der Waals surface area (Å²) >= 11 is 6.17. The van der Waals surface area contributed by atoms with E-state index in [-0.39, 0.29) is 17.2 Å². The second-order valence-electron chi connectivity index (χ2n) is 8.37. The van der Waals surface area contributed by atoms with Gasteiger partial charge in [-0.15, -0.1) is 0 Å². The summed E-state index contributed by atoms with van der Waals surface area (Å²) in [5.41, 5.74) is 4.29. The summed E-state index contributed by atoms with van der Waals surface area (Å²) in [5, 5.41) is 15.8. The van der Waals surface area contributed by atoms with E-state index in [0.717, 1.165) is 27.9 Å². The molecule has 5 aromatic rings. The summed E-state index contributed by atoms with van der Waals surface area (Å²) in [6.07, 6.45) is 0.515. The van der Waals surface area contributed by atoms with Crippen LogP contribution in [-0.2, 0) is 6.42 Å². The van der Waals surface area contributed by atoms with E-state index in [1.807, 2.05) is 67.6 Å². The lowest BCUT2D eigenvalue weighted by molar-refractivity contribution is -0.384. The molecule has 0 radical (unpaired) electrons. The van der Waals surface area contributed by atoms with Crippen molar-refractivity contribution in [1.29, 1.82) is 0 Å². The van der Waals surface area contributed by atoms with Crippen LogP contribution in [0, 0.1) is 17.0 Å². The van der Waals surface area contributed by atoms with Crippen molar-refractivity contribution in [2.75, 3.05) is 0 Å². The molecule has 2 heterocycles. The SMILES string of the molecule is Cc1[nH]n(-c2ccc([N+](=O)[O-])cc2)c(=O)c1C(Cc1ccc2ccc(Cl)cc2n1)c1ccccc1. The molecular weight excluding hydrogens is 464 g/mol. The molecule has 0 bridgehead atoms. The third kappa shape index (κ3) is 4.46. The molecule has 1 unspecified atom stereocenters. The zero-order chi connectivity index (χ0) is 24.5. The molecule has 0 aliphatic heterocycles. The molecule has 0 saturated heterocycles. The van der Waals surface area contributed by atoms with Gasteiger partial charge >= 0.3 is 0 Å². The zero-order valence-electron chi connectivity index (χ0n) is 18.8. The van der Waals surface area contributed by atoms with Crippen LogP contribution >= 0.6 is 11.6 Å². The lowest BCUT2D eigenvalue weighted by Crippen LogP contribution is -2.21. The Hall–Kier alpha value is -4.23. The summed E-state index contributed by atoms with van der Waals surface area (Å²) in [7, 11) is 0. The Morgan fingerprint density at radius 2 is 1.74 bits per heavy atom. The van der Waals surface area contributed by atoms with Gasteiger partial charge in [-0.2, -0.15) is 0 Å². The smallest absolute Gasteiger partial charge is 0.275 e. The lowest BCUT2D eigenvalue weighted by atomic mass is 9.87. The Balaban J connectivity index is 1.59. The minimum Gasteiger partial charge on any atom is -0.295 e. The van der Waals surface area contributed by atoms with Crippen LogP contribution in [0.4, 0.5) is 5.69 Å². The minimum absolute atomic E-state index is 0.0325. The first kappa shape index (κ1) is 22.6. The Bertz CT molecular complexity index is 1590. The van der Waals surface area contributed by atoms with Gasteiger partial charge in [0, 0.05) is 51.8 Å². The van der Waals surface area contributed by atoms with Crippen LogP contribution in [-0.4, -0.2) is 19.7 Å². The van der Waals surface area contributed by atoms with Gasteiger partial charge in [-0.25, -0.2) is 4.68 Å². The number of halogens is 1. The molecule has 1 atom stereocenters. The molecule has 0 aliphatic carbocycles. The van der Waals surface area contributed by atoms with E-state index in [9.17, 15) is 14.9 Å². The number of benzene rings is 3. The minimum atomic E-state index is -0.465. The van der Waals surface area contributed by atoms with Crippen LogP contribution in [0.5, 0.6) is 0 Å². The van der Waals surface area contributed by atoms with E-state index in [1.54, 1.807) is 12.1 Å². The lowest BCUT2D eigenvalue weighted by Gasteiger charge is -2.17. The highest BCUT2D eigenvalue weighted by Crippen LogP contribution is 2.29. The number of H-pyrrole nitrogens is 1. The number of rotatable bonds is 6. The summed E-state index contributed by atoms with van der Waals surface area (Å²) < 4.78 is 1.43. The van der Waals surface area contributed by atoms with Gasteiger partial charge in [0.1, 0.15) is 0 Å². The summed E-state index contributed by atoms with van der Waals surface area (Å²) in [6.45, 7) is 1.86. The van der Waals surface area contributed by atoms with Crippen LogP contribution in [0.25, 0.3) is 16.6 Å². The number of nitrogens with one attached hydrogen (secondary N) is 1. The third-order valence-electron chi connectivity index (χ3n) is 6.11. The summed E-state index contributed by atoms with van der Waals surface area (Å²) in [6, 6.07) is 25.3. The number of nitro benzene ring substituents is 1. The highest BCUT2D eigenvalue weighted by molar-refractivity contribution is 6.31. The van der Waals surface area contributed by atoms with E-state index >= 15 is 0 Å². The number of aromatic nitrogens is 3. The highest BCUT2D eigenvalue weighted by Gasteiger charge is 2.24. The molecule has 0 aliphatic rings. The number of aryl methyl sites for hydroxylation is 1. The predicted octanol–water partition coefficient (Wildman–Crippen LogP) is 5.96. The van der Waals surface area contributed by atoms with E-state index in [0.29, 0.717) is 22.7 Å². The second-order valence-corrected chi connectivity index (χ2v) is 8.81. The number of hydrogen-bond donors (Lipinski definition) is 1. The van der Waals surface area contributed by atoms with Gasteiger partial charge in [0.2, 0.25) is 0 Å². The van der Waals surface area contributed by atoms with Gasteiger partial charge < -0.3 is 0 Å². The molecule has 7 nitrogen and oxygen atoms in total. The average Bonchev–Trinajstić information content (AvgIpc) is 3.16. The van der Waals surface area contributed by atoms with Crippen LogP contribution in [0.15, 0.2) is 89.7 Å².